The highest BCUT2D eigenvalue weighted by Gasteiger charge is 2.07. The maximum Gasteiger partial charge on any atom is 0.144 e. The van der Waals surface area contributed by atoms with Crippen molar-refractivity contribution in [3.63, 3.8) is 0 Å². The first-order valence-electron chi connectivity index (χ1n) is 4.77. The van der Waals surface area contributed by atoms with E-state index in [1.165, 1.54) is 0 Å². The number of aryl methyl sites for hydroxylation is 2. The highest BCUT2D eigenvalue weighted by Crippen LogP contribution is 2.23. The molecular formula is C11H13NO2S. The number of benzene rings is 1. The Morgan fingerprint density at radius 2 is 2.00 bits per heavy atom. The second-order valence-electron chi connectivity index (χ2n) is 3.77. The molecule has 4 heteroatoms. The number of hydrogen-bond donors (Lipinski definition) is 2. The van der Waals surface area contributed by atoms with Gasteiger partial charge in [-0.05, 0) is 37.1 Å². The lowest BCUT2D eigenvalue weighted by Crippen LogP contribution is -1.91. The summed E-state index contributed by atoms with van der Waals surface area (Å²) in [5, 5.41) is 1.02. The van der Waals surface area contributed by atoms with E-state index in [4.69, 9.17) is 0 Å². The van der Waals surface area contributed by atoms with Gasteiger partial charge in [0.2, 0.25) is 0 Å². The SMILES string of the molecule is Cc1cc2c(C[SH](=O)=O)c(C)ccc2[nH]1. The summed E-state index contributed by atoms with van der Waals surface area (Å²) < 4.78 is 21.6. The molecule has 0 amide bonds. The summed E-state index contributed by atoms with van der Waals surface area (Å²) in [7, 11) is -2.37. The van der Waals surface area contributed by atoms with Crippen LogP contribution < -0.4 is 0 Å². The largest absolute Gasteiger partial charge is 0.359 e. The average molecular weight is 223 g/mol. The molecule has 2 rings (SSSR count). The molecule has 1 N–H and O–H groups in total. The normalized spacial score (nSPS) is 11.4. The molecule has 3 nitrogen and oxygen atoms in total. The summed E-state index contributed by atoms with van der Waals surface area (Å²) in [6.45, 7) is 3.91. The van der Waals surface area contributed by atoms with Crippen LogP contribution in [0, 0.1) is 13.8 Å². The topological polar surface area (TPSA) is 49.9 Å². The molecule has 0 saturated heterocycles. The number of hydrogen-bond acceptors (Lipinski definition) is 2. The highest BCUT2D eigenvalue weighted by atomic mass is 32.2. The Labute approximate surface area is 90.1 Å². The number of aromatic amines is 1. The monoisotopic (exact) mass is 223 g/mol. The van der Waals surface area contributed by atoms with E-state index in [-0.39, 0.29) is 5.75 Å². The van der Waals surface area contributed by atoms with Crippen LogP contribution in [0.1, 0.15) is 16.8 Å². The van der Waals surface area contributed by atoms with Crippen LogP contribution in [0.5, 0.6) is 0 Å². The number of H-pyrrole nitrogens is 1. The van der Waals surface area contributed by atoms with E-state index in [0.29, 0.717) is 0 Å². The van der Waals surface area contributed by atoms with Gasteiger partial charge in [-0.1, -0.05) is 6.07 Å². The Bertz CT molecular complexity index is 574. The molecule has 0 aliphatic rings. The molecular weight excluding hydrogens is 210 g/mol. The third kappa shape index (κ3) is 1.90. The van der Waals surface area contributed by atoms with Crippen LogP contribution in [0.2, 0.25) is 0 Å². The zero-order valence-electron chi connectivity index (χ0n) is 8.70. The number of thiol groups is 1. The molecule has 0 aliphatic heterocycles. The summed E-state index contributed by atoms with van der Waals surface area (Å²) >= 11 is 0. The van der Waals surface area contributed by atoms with Crippen LogP contribution in [-0.2, 0) is 16.5 Å². The second kappa shape index (κ2) is 3.70. The van der Waals surface area contributed by atoms with Crippen molar-refractivity contribution in [2.45, 2.75) is 19.6 Å². The summed E-state index contributed by atoms with van der Waals surface area (Å²) in [6, 6.07) is 5.93. The summed E-state index contributed by atoms with van der Waals surface area (Å²) in [5.74, 6) is 0.121. The zero-order chi connectivity index (χ0) is 11.0. The Hall–Kier alpha value is -1.29. The molecule has 1 aromatic carbocycles. The van der Waals surface area contributed by atoms with Crippen molar-refractivity contribution in [3.05, 3.63) is 35.0 Å². The molecule has 0 aliphatic carbocycles. The van der Waals surface area contributed by atoms with Gasteiger partial charge >= 0.3 is 0 Å². The van der Waals surface area contributed by atoms with E-state index in [2.05, 4.69) is 4.98 Å². The molecule has 0 saturated carbocycles. The highest BCUT2D eigenvalue weighted by molar-refractivity contribution is 7.71. The van der Waals surface area contributed by atoms with Gasteiger partial charge in [-0.2, -0.15) is 0 Å². The van der Waals surface area contributed by atoms with E-state index in [1.807, 2.05) is 32.0 Å². The number of nitrogens with one attached hydrogen (secondary N) is 1. The van der Waals surface area contributed by atoms with Crippen molar-refractivity contribution in [3.8, 4) is 0 Å². The summed E-state index contributed by atoms with van der Waals surface area (Å²) in [5.41, 5.74) is 4.00. The summed E-state index contributed by atoms with van der Waals surface area (Å²) in [6.07, 6.45) is 0. The van der Waals surface area contributed by atoms with Gasteiger partial charge < -0.3 is 4.98 Å². The molecule has 15 heavy (non-hydrogen) atoms. The fourth-order valence-corrected chi connectivity index (χ4v) is 2.53. The average Bonchev–Trinajstić information content (AvgIpc) is 2.51. The standard InChI is InChI=1S/C11H13NO2S/c1-7-3-4-11-9(5-8(2)12-11)10(7)6-15(13)14/h3-5,12,15H,6H2,1-2H3. The first kappa shape index (κ1) is 10.2. The van der Waals surface area contributed by atoms with Crippen LogP contribution in [0.15, 0.2) is 18.2 Å². The first-order valence-corrected chi connectivity index (χ1v) is 6.14. The lowest BCUT2D eigenvalue weighted by atomic mass is 10.1. The van der Waals surface area contributed by atoms with Crippen molar-refractivity contribution in [1.29, 1.82) is 0 Å². The van der Waals surface area contributed by atoms with Gasteiger partial charge in [0.15, 0.2) is 0 Å². The van der Waals surface area contributed by atoms with Gasteiger partial charge in [0.25, 0.3) is 0 Å². The Morgan fingerprint density at radius 3 is 2.67 bits per heavy atom. The van der Waals surface area contributed by atoms with Gasteiger partial charge in [-0.15, -0.1) is 0 Å². The van der Waals surface area contributed by atoms with Gasteiger partial charge in [0.05, 0.1) is 5.75 Å². The van der Waals surface area contributed by atoms with Crippen molar-refractivity contribution >= 4 is 21.6 Å². The smallest absolute Gasteiger partial charge is 0.144 e. The minimum Gasteiger partial charge on any atom is -0.359 e. The fraction of sp³-hybridized carbons (Fsp3) is 0.273. The minimum absolute atomic E-state index is 0.121. The summed E-state index contributed by atoms with van der Waals surface area (Å²) in [4.78, 5) is 3.20. The molecule has 0 atom stereocenters. The molecule has 0 spiro atoms. The van der Waals surface area contributed by atoms with Crippen LogP contribution in [0.25, 0.3) is 10.9 Å². The molecule has 0 fully saturated rings. The second-order valence-corrected chi connectivity index (χ2v) is 4.75. The quantitative estimate of drug-likeness (QED) is 0.764. The van der Waals surface area contributed by atoms with Gasteiger partial charge in [0, 0.05) is 16.6 Å². The van der Waals surface area contributed by atoms with E-state index in [0.717, 1.165) is 27.7 Å². The third-order valence-corrected chi connectivity index (χ3v) is 3.15. The van der Waals surface area contributed by atoms with Crippen molar-refractivity contribution in [2.24, 2.45) is 0 Å². The first-order chi connectivity index (χ1) is 7.08. The Kier molecular flexibility index (Phi) is 2.52. The van der Waals surface area contributed by atoms with Crippen molar-refractivity contribution in [1.82, 2.24) is 4.98 Å². The van der Waals surface area contributed by atoms with Gasteiger partial charge in [0.1, 0.15) is 10.7 Å². The van der Waals surface area contributed by atoms with E-state index in [1.54, 1.807) is 0 Å². The molecule has 1 aromatic heterocycles. The van der Waals surface area contributed by atoms with E-state index < -0.39 is 10.7 Å². The maximum atomic E-state index is 10.8. The number of rotatable bonds is 2. The molecule has 1 heterocycles. The fourth-order valence-electron chi connectivity index (χ4n) is 1.85. The molecule has 0 unspecified atom stereocenters. The van der Waals surface area contributed by atoms with E-state index in [9.17, 15) is 8.42 Å². The Morgan fingerprint density at radius 1 is 1.27 bits per heavy atom. The van der Waals surface area contributed by atoms with Crippen LogP contribution >= 0.6 is 0 Å². The molecule has 0 radical (unpaired) electrons. The lowest BCUT2D eigenvalue weighted by molar-refractivity contribution is 0.614. The maximum absolute atomic E-state index is 10.8. The third-order valence-electron chi connectivity index (χ3n) is 2.57. The van der Waals surface area contributed by atoms with E-state index >= 15 is 0 Å². The minimum atomic E-state index is -2.37. The number of aromatic nitrogens is 1. The predicted molar refractivity (Wildman–Crippen MR) is 61.8 cm³/mol. The van der Waals surface area contributed by atoms with Gasteiger partial charge in [-0.25, -0.2) is 8.42 Å². The molecule has 80 valence electrons. The van der Waals surface area contributed by atoms with Gasteiger partial charge in [-0.3, -0.25) is 0 Å². The predicted octanol–water partition coefficient (Wildman–Crippen LogP) is 1.90. The number of fused-ring (bicyclic) bond motifs is 1. The van der Waals surface area contributed by atoms with Crippen molar-refractivity contribution < 1.29 is 8.42 Å². The van der Waals surface area contributed by atoms with Crippen molar-refractivity contribution in [2.75, 3.05) is 0 Å². The lowest BCUT2D eigenvalue weighted by Gasteiger charge is -2.03. The van der Waals surface area contributed by atoms with Crippen LogP contribution in [-0.4, -0.2) is 13.4 Å². The van der Waals surface area contributed by atoms with Crippen LogP contribution in [0.3, 0.4) is 0 Å². The molecule has 2 aromatic rings. The zero-order valence-corrected chi connectivity index (χ0v) is 9.60. The molecule has 0 bridgehead atoms. The van der Waals surface area contributed by atoms with Crippen LogP contribution in [0.4, 0.5) is 0 Å². The Balaban J connectivity index is 2.72.